The van der Waals surface area contributed by atoms with Crippen molar-refractivity contribution in [1.82, 2.24) is 5.32 Å². The van der Waals surface area contributed by atoms with Gasteiger partial charge in [-0.15, -0.1) is 0 Å². The van der Waals surface area contributed by atoms with E-state index in [9.17, 15) is 14.9 Å². The summed E-state index contributed by atoms with van der Waals surface area (Å²) in [6.07, 6.45) is 0.885. The van der Waals surface area contributed by atoms with Gasteiger partial charge in [-0.2, -0.15) is 11.8 Å². The Kier molecular flexibility index (Phi) is 7.28. The Bertz CT molecular complexity index is 497. The van der Waals surface area contributed by atoms with Crippen LogP contribution in [0.3, 0.4) is 0 Å². The quantitative estimate of drug-likeness (QED) is 0.325. The summed E-state index contributed by atoms with van der Waals surface area (Å²) in [7, 11) is 0. The van der Waals surface area contributed by atoms with Crippen LogP contribution in [0.5, 0.6) is 0 Å². The predicted octanol–water partition coefficient (Wildman–Crippen LogP) is 3.46. The van der Waals surface area contributed by atoms with Crippen LogP contribution in [0.25, 0.3) is 0 Å². The fourth-order valence-corrected chi connectivity index (χ4v) is 2.97. The second kappa shape index (κ2) is 8.46. The summed E-state index contributed by atoms with van der Waals surface area (Å²) < 4.78 is 0.709. The van der Waals surface area contributed by atoms with E-state index < -0.39 is 4.92 Å². The van der Waals surface area contributed by atoms with Gasteiger partial charge in [0.25, 0.3) is 11.6 Å². The number of hydrogen-bond acceptors (Lipinski definition) is 4. The van der Waals surface area contributed by atoms with E-state index in [0.717, 1.165) is 17.9 Å². The Labute approximate surface area is 136 Å². The second-order valence-electron chi connectivity index (χ2n) is 4.28. The molecule has 1 rings (SSSR count). The standard InChI is InChI=1S/C13H17IN2O3S/c1-3-20-7-6-9(2)15-13(17)11-8-10(16(18)19)4-5-12(11)14/h4-5,8-9H,3,6-7H2,1-2H3,(H,15,17). The van der Waals surface area contributed by atoms with Crippen LogP contribution in [0.2, 0.25) is 0 Å². The Morgan fingerprint density at radius 3 is 2.85 bits per heavy atom. The Morgan fingerprint density at radius 1 is 1.55 bits per heavy atom. The summed E-state index contributed by atoms with van der Waals surface area (Å²) in [6, 6.07) is 4.37. The maximum atomic E-state index is 12.1. The van der Waals surface area contributed by atoms with Crippen LogP contribution >= 0.6 is 34.4 Å². The maximum Gasteiger partial charge on any atom is 0.270 e. The first-order valence-electron chi connectivity index (χ1n) is 6.28. The molecule has 0 fully saturated rings. The van der Waals surface area contributed by atoms with Crippen LogP contribution in [0, 0.1) is 13.7 Å². The van der Waals surface area contributed by atoms with Gasteiger partial charge in [-0.25, -0.2) is 0 Å². The molecule has 7 heteroatoms. The van der Waals surface area contributed by atoms with Gasteiger partial charge in [0, 0.05) is 21.7 Å². The lowest BCUT2D eigenvalue weighted by atomic mass is 10.1. The number of thioether (sulfide) groups is 1. The number of hydrogen-bond donors (Lipinski definition) is 1. The zero-order valence-corrected chi connectivity index (χ0v) is 14.4. The first kappa shape index (κ1) is 17.2. The fraction of sp³-hybridized carbons (Fsp3) is 0.462. The molecule has 5 nitrogen and oxygen atoms in total. The lowest BCUT2D eigenvalue weighted by Crippen LogP contribution is -2.33. The molecule has 0 aliphatic heterocycles. The van der Waals surface area contributed by atoms with Gasteiger partial charge in [0.05, 0.1) is 10.5 Å². The molecule has 0 spiro atoms. The second-order valence-corrected chi connectivity index (χ2v) is 6.84. The highest BCUT2D eigenvalue weighted by Gasteiger charge is 2.16. The molecular weight excluding hydrogens is 391 g/mol. The molecule has 1 atom stereocenters. The summed E-state index contributed by atoms with van der Waals surface area (Å²) in [5.74, 6) is 1.79. The summed E-state index contributed by atoms with van der Waals surface area (Å²) >= 11 is 3.84. The summed E-state index contributed by atoms with van der Waals surface area (Å²) in [5, 5.41) is 13.6. The van der Waals surface area contributed by atoms with Gasteiger partial charge in [0.2, 0.25) is 0 Å². The molecule has 0 saturated heterocycles. The SMILES string of the molecule is CCSCCC(C)NC(=O)c1cc([N+](=O)[O-])ccc1I. The van der Waals surface area contributed by atoms with Crippen LogP contribution in [0.4, 0.5) is 5.69 Å². The number of rotatable bonds is 7. The molecule has 0 radical (unpaired) electrons. The highest BCUT2D eigenvalue weighted by molar-refractivity contribution is 14.1. The van der Waals surface area contributed by atoms with Crippen molar-refractivity contribution in [3.8, 4) is 0 Å². The van der Waals surface area contributed by atoms with Crippen molar-refractivity contribution in [2.45, 2.75) is 26.3 Å². The van der Waals surface area contributed by atoms with Gasteiger partial charge in [-0.1, -0.05) is 6.92 Å². The van der Waals surface area contributed by atoms with E-state index >= 15 is 0 Å². The lowest BCUT2D eigenvalue weighted by Gasteiger charge is -2.14. The first-order chi connectivity index (χ1) is 9.45. The number of carbonyl (C=O) groups excluding carboxylic acids is 1. The summed E-state index contributed by atoms with van der Waals surface area (Å²) in [6.45, 7) is 4.04. The molecule has 0 heterocycles. The van der Waals surface area contributed by atoms with E-state index in [2.05, 4.69) is 12.2 Å². The molecule has 0 aromatic heterocycles. The third-order valence-electron chi connectivity index (χ3n) is 2.68. The molecule has 0 saturated carbocycles. The molecule has 1 N–H and O–H groups in total. The summed E-state index contributed by atoms with van der Waals surface area (Å²) in [5.41, 5.74) is 0.291. The van der Waals surface area contributed by atoms with E-state index in [0.29, 0.717) is 9.13 Å². The molecule has 20 heavy (non-hydrogen) atoms. The van der Waals surface area contributed by atoms with Crippen molar-refractivity contribution in [3.05, 3.63) is 37.4 Å². The largest absolute Gasteiger partial charge is 0.350 e. The highest BCUT2D eigenvalue weighted by Crippen LogP contribution is 2.19. The van der Waals surface area contributed by atoms with Crippen molar-refractivity contribution in [1.29, 1.82) is 0 Å². The Morgan fingerprint density at radius 2 is 2.25 bits per heavy atom. The Hall–Kier alpha value is -0.830. The van der Waals surface area contributed by atoms with Crippen LogP contribution < -0.4 is 5.32 Å². The minimum absolute atomic E-state index is 0.0524. The lowest BCUT2D eigenvalue weighted by molar-refractivity contribution is -0.384. The average Bonchev–Trinajstić information content (AvgIpc) is 2.39. The Balaban J connectivity index is 2.71. The van der Waals surface area contributed by atoms with Crippen LogP contribution in [-0.4, -0.2) is 28.4 Å². The van der Waals surface area contributed by atoms with Gasteiger partial charge < -0.3 is 5.32 Å². The number of nitrogens with zero attached hydrogens (tertiary/aromatic N) is 1. The van der Waals surface area contributed by atoms with E-state index in [1.165, 1.54) is 12.1 Å². The fourth-order valence-electron chi connectivity index (χ4n) is 1.58. The molecule has 1 unspecified atom stereocenters. The number of nitrogens with one attached hydrogen (secondary N) is 1. The predicted molar refractivity (Wildman–Crippen MR) is 90.4 cm³/mol. The molecule has 1 aromatic rings. The maximum absolute atomic E-state index is 12.1. The van der Waals surface area contributed by atoms with E-state index in [1.807, 2.05) is 41.3 Å². The van der Waals surface area contributed by atoms with Crippen molar-refractivity contribution >= 4 is 45.9 Å². The minimum Gasteiger partial charge on any atom is -0.350 e. The van der Waals surface area contributed by atoms with Gasteiger partial charge >= 0.3 is 0 Å². The molecule has 0 aliphatic rings. The van der Waals surface area contributed by atoms with Crippen molar-refractivity contribution in [2.24, 2.45) is 0 Å². The first-order valence-corrected chi connectivity index (χ1v) is 8.51. The number of benzene rings is 1. The highest BCUT2D eigenvalue weighted by atomic mass is 127. The van der Waals surface area contributed by atoms with Crippen molar-refractivity contribution < 1.29 is 9.72 Å². The molecule has 0 bridgehead atoms. The molecule has 1 amide bonds. The van der Waals surface area contributed by atoms with Crippen LogP contribution in [-0.2, 0) is 0 Å². The zero-order valence-electron chi connectivity index (χ0n) is 11.4. The van der Waals surface area contributed by atoms with Crippen LogP contribution in [0.15, 0.2) is 18.2 Å². The minimum atomic E-state index is -0.492. The van der Waals surface area contributed by atoms with Crippen molar-refractivity contribution in [3.63, 3.8) is 0 Å². The monoisotopic (exact) mass is 408 g/mol. The topological polar surface area (TPSA) is 72.2 Å². The van der Waals surface area contributed by atoms with Gasteiger partial charge in [0.15, 0.2) is 0 Å². The van der Waals surface area contributed by atoms with Gasteiger partial charge in [-0.05, 0) is 53.5 Å². The number of nitro benzene ring substituents is 1. The smallest absolute Gasteiger partial charge is 0.270 e. The summed E-state index contributed by atoms with van der Waals surface area (Å²) in [4.78, 5) is 22.4. The number of carbonyl (C=O) groups is 1. The number of halogens is 1. The van der Waals surface area contributed by atoms with E-state index in [4.69, 9.17) is 0 Å². The molecule has 0 aliphatic carbocycles. The zero-order chi connectivity index (χ0) is 15.1. The van der Waals surface area contributed by atoms with Gasteiger partial charge in [0.1, 0.15) is 0 Å². The van der Waals surface area contributed by atoms with Gasteiger partial charge in [-0.3, -0.25) is 14.9 Å². The molecule has 110 valence electrons. The van der Waals surface area contributed by atoms with Crippen LogP contribution in [0.1, 0.15) is 30.6 Å². The molecular formula is C13H17IN2O3S. The van der Waals surface area contributed by atoms with E-state index in [1.54, 1.807) is 6.07 Å². The third-order valence-corrected chi connectivity index (χ3v) is 4.56. The number of non-ortho nitro benzene ring substituents is 1. The van der Waals surface area contributed by atoms with Crippen molar-refractivity contribution in [2.75, 3.05) is 11.5 Å². The number of amides is 1. The van der Waals surface area contributed by atoms with E-state index in [-0.39, 0.29) is 17.6 Å². The average molecular weight is 408 g/mol. The normalized spacial score (nSPS) is 11.9. The molecule has 1 aromatic carbocycles. The third kappa shape index (κ3) is 5.28. The number of nitro groups is 1.